The van der Waals surface area contributed by atoms with Gasteiger partial charge in [0.25, 0.3) is 5.91 Å². The van der Waals surface area contributed by atoms with Gasteiger partial charge in [0, 0.05) is 12.3 Å². The van der Waals surface area contributed by atoms with Gasteiger partial charge >= 0.3 is 0 Å². The third-order valence-corrected chi connectivity index (χ3v) is 3.38. The van der Waals surface area contributed by atoms with Gasteiger partial charge in [-0.05, 0) is 12.8 Å². The van der Waals surface area contributed by atoms with E-state index in [2.05, 4.69) is 20.5 Å². The molecule has 1 saturated carbocycles. The number of H-pyrrole nitrogens is 1. The van der Waals surface area contributed by atoms with Crippen molar-refractivity contribution >= 4 is 11.6 Å². The second-order valence-electron chi connectivity index (χ2n) is 4.93. The molecule has 7 heteroatoms. The van der Waals surface area contributed by atoms with Crippen LogP contribution in [0.25, 0.3) is 0 Å². The van der Waals surface area contributed by atoms with Crippen molar-refractivity contribution in [1.82, 2.24) is 20.5 Å². The number of amides is 1. The van der Waals surface area contributed by atoms with Gasteiger partial charge < -0.3 is 15.5 Å². The van der Waals surface area contributed by atoms with Gasteiger partial charge in [-0.3, -0.25) is 9.89 Å². The first-order valence-corrected chi connectivity index (χ1v) is 6.74. The lowest BCUT2D eigenvalue weighted by Crippen LogP contribution is -2.24. The molecule has 1 amide bonds. The molecule has 0 bridgehead atoms. The van der Waals surface area contributed by atoms with Gasteiger partial charge in [0.05, 0.1) is 24.1 Å². The molecule has 0 spiro atoms. The van der Waals surface area contributed by atoms with Crippen LogP contribution in [0.1, 0.15) is 53.5 Å². The van der Waals surface area contributed by atoms with Crippen LogP contribution in [0, 0.1) is 0 Å². The second-order valence-corrected chi connectivity index (χ2v) is 4.93. The molecule has 2 heterocycles. The minimum absolute atomic E-state index is 0.226. The lowest BCUT2D eigenvalue weighted by Gasteiger charge is -2.01. The Balaban J connectivity index is 1.64. The number of hydrogen-bond donors (Lipinski definition) is 3. The van der Waals surface area contributed by atoms with Crippen molar-refractivity contribution in [3.05, 3.63) is 29.2 Å². The molecule has 0 aliphatic heterocycles. The number of nitrogens with one attached hydrogen (secondary N) is 2. The third kappa shape index (κ3) is 2.38. The lowest BCUT2D eigenvalue weighted by atomic mass is 10.2. The highest BCUT2D eigenvalue weighted by atomic mass is 16.4. The van der Waals surface area contributed by atoms with Crippen LogP contribution in [0.3, 0.4) is 0 Å². The van der Waals surface area contributed by atoms with Crippen LogP contribution in [-0.4, -0.2) is 21.1 Å². The number of aromatic nitrogens is 3. The summed E-state index contributed by atoms with van der Waals surface area (Å²) >= 11 is 0. The van der Waals surface area contributed by atoms with Crippen molar-refractivity contribution in [3.8, 4) is 0 Å². The first-order valence-electron chi connectivity index (χ1n) is 6.74. The molecule has 2 aromatic rings. The quantitative estimate of drug-likeness (QED) is 0.763. The van der Waals surface area contributed by atoms with E-state index in [4.69, 9.17) is 10.2 Å². The Morgan fingerprint density at radius 2 is 2.40 bits per heavy atom. The SMILES string of the molecule is CCc1cnc(CNC(=O)c2n[nH]c(C3CC3)c2N)o1. The van der Waals surface area contributed by atoms with Crippen molar-refractivity contribution in [2.24, 2.45) is 0 Å². The van der Waals surface area contributed by atoms with Crippen LogP contribution >= 0.6 is 0 Å². The monoisotopic (exact) mass is 275 g/mol. The fourth-order valence-electron chi connectivity index (χ4n) is 2.05. The molecule has 0 saturated heterocycles. The number of nitrogens with two attached hydrogens (primary N) is 1. The van der Waals surface area contributed by atoms with E-state index in [1.807, 2.05) is 6.92 Å². The molecule has 7 nitrogen and oxygen atoms in total. The molecule has 1 aliphatic rings. The largest absolute Gasteiger partial charge is 0.444 e. The molecule has 1 aliphatic carbocycles. The van der Waals surface area contributed by atoms with E-state index in [-0.39, 0.29) is 18.1 Å². The molecule has 2 aromatic heterocycles. The topological polar surface area (TPSA) is 110 Å². The van der Waals surface area contributed by atoms with Crippen molar-refractivity contribution in [3.63, 3.8) is 0 Å². The number of nitrogens with zero attached hydrogens (tertiary/aromatic N) is 2. The maximum Gasteiger partial charge on any atom is 0.274 e. The molecule has 1 fully saturated rings. The summed E-state index contributed by atoms with van der Waals surface area (Å²) in [6.07, 6.45) is 4.64. The van der Waals surface area contributed by atoms with Crippen LogP contribution in [0.15, 0.2) is 10.6 Å². The fourth-order valence-corrected chi connectivity index (χ4v) is 2.05. The zero-order valence-electron chi connectivity index (χ0n) is 11.3. The maximum absolute atomic E-state index is 12.0. The summed E-state index contributed by atoms with van der Waals surface area (Å²) in [6, 6.07) is 0. The summed E-state index contributed by atoms with van der Waals surface area (Å²) < 4.78 is 5.42. The van der Waals surface area contributed by atoms with E-state index in [9.17, 15) is 4.79 Å². The molecular weight excluding hydrogens is 258 g/mol. The molecule has 0 atom stereocenters. The number of oxazole rings is 1. The van der Waals surface area contributed by atoms with Crippen LogP contribution in [-0.2, 0) is 13.0 Å². The number of nitrogen functional groups attached to an aromatic ring is 1. The number of aryl methyl sites for hydroxylation is 1. The van der Waals surface area contributed by atoms with E-state index >= 15 is 0 Å². The first kappa shape index (κ1) is 12.7. The number of rotatable bonds is 5. The fraction of sp³-hybridized carbons (Fsp3) is 0.462. The predicted molar refractivity (Wildman–Crippen MR) is 72.0 cm³/mol. The third-order valence-electron chi connectivity index (χ3n) is 3.38. The second kappa shape index (κ2) is 4.99. The summed E-state index contributed by atoms with van der Waals surface area (Å²) in [5.41, 5.74) is 7.52. The van der Waals surface area contributed by atoms with Crippen LogP contribution < -0.4 is 11.1 Å². The van der Waals surface area contributed by atoms with Gasteiger partial charge in [0.1, 0.15) is 5.76 Å². The maximum atomic E-state index is 12.0. The van der Waals surface area contributed by atoms with Crippen molar-refractivity contribution in [2.45, 2.75) is 38.6 Å². The van der Waals surface area contributed by atoms with Crippen molar-refractivity contribution in [1.29, 1.82) is 0 Å². The zero-order chi connectivity index (χ0) is 14.1. The molecule has 106 valence electrons. The number of anilines is 1. The normalized spacial score (nSPS) is 14.4. The molecule has 0 radical (unpaired) electrons. The standard InChI is InChI=1S/C13H17N5O2/c1-2-8-5-15-9(20-8)6-16-13(19)12-10(14)11(17-18-12)7-3-4-7/h5,7H,2-4,6,14H2,1H3,(H,16,19)(H,17,18). The van der Waals surface area contributed by atoms with Crippen molar-refractivity contribution in [2.75, 3.05) is 5.73 Å². The molecule has 0 unspecified atom stereocenters. The van der Waals surface area contributed by atoms with Gasteiger partial charge in [-0.15, -0.1) is 0 Å². The van der Waals surface area contributed by atoms with E-state index in [0.29, 0.717) is 17.5 Å². The number of aromatic amines is 1. The Hall–Kier alpha value is -2.31. The molecule has 20 heavy (non-hydrogen) atoms. The summed E-state index contributed by atoms with van der Waals surface area (Å²) in [4.78, 5) is 16.1. The summed E-state index contributed by atoms with van der Waals surface area (Å²) in [6.45, 7) is 2.20. The van der Waals surface area contributed by atoms with Gasteiger partial charge in [-0.25, -0.2) is 4.98 Å². The highest BCUT2D eigenvalue weighted by Crippen LogP contribution is 2.42. The average molecular weight is 275 g/mol. The minimum Gasteiger partial charge on any atom is -0.444 e. The lowest BCUT2D eigenvalue weighted by molar-refractivity contribution is 0.0943. The molecule has 0 aromatic carbocycles. The van der Waals surface area contributed by atoms with Crippen LogP contribution in [0.4, 0.5) is 5.69 Å². The molecule has 3 rings (SSSR count). The van der Waals surface area contributed by atoms with E-state index in [0.717, 1.165) is 30.7 Å². The van der Waals surface area contributed by atoms with E-state index < -0.39 is 0 Å². The molecular formula is C13H17N5O2. The number of hydrogen-bond acceptors (Lipinski definition) is 5. The Labute approximate surface area is 115 Å². The first-order chi connectivity index (χ1) is 9.69. The highest BCUT2D eigenvalue weighted by Gasteiger charge is 2.30. The Morgan fingerprint density at radius 3 is 3.05 bits per heavy atom. The average Bonchev–Trinajstić information content (AvgIpc) is 3.06. The van der Waals surface area contributed by atoms with Crippen LogP contribution in [0.2, 0.25) is 0 Å². The molecule has 4 N–H and O–H groups in total. The summed E-state index contributed by atoms with van der Waals surface area (Å²) in [7, 11) is 0. The minimum atomic E-state index is -0.318. The predicted octanol–water partition coefficient (Wildman–Crippen LogP) is 1.35. The zero-order valence-corrected chi connectivity index (χ0v) is 11.3. The Morgan fingerprint density at radius 1 is 1.60 bits per heavy atom. The van der Waals surface area contributed by atoms with Gasteiger partial charge in [-0.1, -0.05) is 6.92 Å². The van der Waals surface area contributed by atoms with Crippen LogP contribution in [0.5, 0.6) is 0 Å². The van der Waals surface area contributed by atoms with Gasteiger partial charge in [-0.2, -0.15) is 5.10 Å². The summed E-state index contributed by atoms with van der Waals surface area (Å²) in [5, 5.41) is 9.56. The highest BCUT2D eigenvalue weighted by molar-refractivity contribution is 5.97. The van der Waals surface area contributed by atoms with Crippen molar-refractivity contribution < 1.29 is 9.21 Å². The smallest absolute Gasteiger partial charge is 0.274 e. The number of carbonyl (C=O) groups is 1. The number of carbonyl (C=O) groups excluding carboxylic acids is 1. The van der Waals surface area contributed by atoms with E-state index in [1.54, 1.807) is 6.20 Å². The van der Waals surface area contributed by atoms with Gasteiger partial charge in [0.2, 0.25) is 5.89 Å². The Kier molecular flexibility index (Phi) is 3.17. The Bertz CT molecular complexity index is 626. The van der Waals surface area contributed by atoms with E-state index in [1.165, 1.54) is 0 Å². The summed E-state index contributed by atoms with van der Waals surface area (Å²) in [5.74, 6) is 1.39. The van der Waals surface area contributed by atoms with Gasteiger partial charge in [0.15, 0.2) is 5.69 Å².